The van der Waals surface area contributed by atoms with Crippen LogP contribution in [0.3, 0.4) is 0 Å². The molecule has 1 aliphatic heterocycles. The van der Waals surface area contributed by atoms with Crippen molar-refractivity contribution < 1.29 is 9.59 Å². The van der Waals surface area contributed by atoms with Gasteiger partial charge in [0.1, 0.15) is 6.07 Å². The molecule has 5 nitrogen and oxygen atoms in total. The van der Waals surface area contributed by atoms with Crippen molar-refractivity contribution >= 4 is 23.1 Å². The van der Waals surface area contributed by atoms with E-state index in [4.69, 9.17) is 0 Å². The van der Waals surface area contributed by atoms with Crippen molar-refractivity contribution in [3.8, 4) is 6.07 Å². The lowest BCUT2D eigenvalue weighted by molar-refractivity contribution is -0.116. The third kappa shape index (κ3) is 2.99. The number of carbonyl (C=O) groups is 2. The molecule has 24 heavy (non-hydrogen) atoms. The standard InChI is InChI=1S/C19H17N3O2/c1-13(23)15-6-7-16(11-20)17(10-15)21-12-19(24)22-9-8-14-4-2-3-5-18(14)22/h2-7,10,21H,8-9,12H2,1H3. The fourth-order valence-electron chi connectivity index (χ4n) is 2.87. The third-order valence-electron chi connectivity index (χ3n) is 4.16. The Morgan fingerprint density at radius 3 is 2.79 bits per heavy atom. The van der Waals surface area contributed by atoms with Gasteiger partial charge in [-0.15, -0.1) is 0 Å². The van der Waals surface area contributed by atoms with Gasteiger partial charge in [0, 0.05) is 17.8 Å². The number of carbonyl (C=O) groups excluding carboxylic acids is 2. The van der Waals surface area contributed by atoms with E-state index < -0.39 is 0 Å². The number of Topliss-reactive ketones (excluding diaryl/α,β-unsaturated/α-hetero) is 1. The van der Waals surface area contributed by atoms with Crippen LogP contribution in [0.15, 0.2) is 42.5 Å². The lowest BCUT2D eigenvalue weighted by Gasteiger charge is -2.18. The second-order valence-electron chi connectivity index (χ2n) is 5.71. The van der Waals surface area contributed by atoms with Gasteiger partial charge in [0.2, 0.25) is 5.91 Å². The van der Waals surface area contributed by atoms with Crippen LogP contribution in [0.5, 0.6) is 0 Å². The number of benzene rings is 2. The van der Waals surface area contributed by atoms with Gasteiger partial charge >= 0.3 is 0 Å². The minimum Gasteiger partial charge on any atom is -0.375 e. The molecule has 1 amide bonds. The molecule has 0 fully saturated rings. The number of nitrogens with one attached hydrogen (secondary N) is 1. The predicted octanol–water partition coefficient (Wildman–Crippen LogP) is 2.76. The average Bonchev–Trinajstić information content (AvgIpc) is 3.03. The van der Waals surface area contributed by atoms with E-state index in [1.807, 2.05) is 24.3 Å². The molecular formula is C19H17N3O2. The monoisotopic (exact) mass is 319 g/mol. The summed E-state index contributed by atoms with van der Waals surface area (Å²) in [5, 5.41) is 12.2. The zero-order valence-electron chi connectivity index (χ0n) is 13.4. The predicted molar refractivity (Wildman–Crippen MR) is 92.2 cm³/mol. The summed E-state index contributed by atoms with van der Waals surface area (Å²) in [6.07, 6.45) is 0.852. The van der Waals surface area contributed by atoms with Crippen molar-refractivity contribution in [3.05, 3.63) is 59.2 Å². The zero-order chi connectivity index (χ0) is 17.1. The summed E-state index contributed by atoms with van der Waals surface area (Å²) >= 11 is 0. The van der Waals surface area contributed by atoms with E-state index in [0.29, 0.717) is 23.4 Å². The average molecular weight is 319 g/mol. The summed E-state index contributed by atoms with van der Waals surface area (Å²) in [6, 6.07) is 14.8. The van der Waals surface area contributed by atoms with Gasteiger partial charge < -0.3 is 10.2 Å². The Hall–Kier alpha value is -3.13. The Morgan fingerprint density at radius 2 is 2.04 bits per heavy atom. The smallest absolute Gasteiger partial charge is 0.246 e. The number of nitriles is 1. The molecule has 0 spiro atoms. The van der Waals surface area contributed by atoms with Crippen LogP contribution in [-0.4, -0.2) is 24.8 Å². The van der Waals surface area contributed by atoms with Crippen LogP contribution in [0.4, 0.5) is 11.4 Å². The van der Waals surface area contributed by atoms with Gasteiger partial charge in [-0.05, 0) is 43.2 Å². The molecule has 1 N–H and O–H groups in total. The number of ketones is 1. The maximum Gasteiger partial charge on any atom is 0.246 e. The first kappa shape index (κ1) is 15.8. The Kier molecular flexibility index (Phi) is 4.30. The summed E-state index contributed by atoms with van der Waals surface area (Å²) in [5.41, 5.74) is 3.54. The molecule has 0 bridgehead atoms. The van der Waals surface area contributed by atoms with E-state index in [1.165, 1.54) is 12.5 Å². The number of rotatable bonds is 4. The van der Waals surface area contributed by atoms with Gasteiger partial charge in [0.25, 0.3) is 0 Å². The van der Waals surface area contributed by atoms with Crippen molar-refractivity contribution in [1.82, 2.24) is 0 Å². The number of hydrogen-bond acceptors (Lipinski definition) is 4. The molecule has 2 aromatic carbocycles. The fourth-order valence-corrected chi connectivity index (χ4v) is 2.87. The van der Waals surface area contributed by atoms with Crippen molar-refractivity contribution in [2.75, 3.05) is 23.3 Å². The third-order valence-corrected chi connectivity index (χ3v) is 4.16. The first-order chi connectivity index (χ1) is 11.6. The minimum absolute atomic E-state index is 0.0583. The van der Waals surface area contributed by atoms with Gasteiger partial charge in [0.15, 0.2) is 5.78 Å². The Labute approximate surface area is 140 Å². The number of anilines is 2. The second kappa shape index (κ2) is 6.55. The van der Waals surface area contributed by atoms with E-state index in [1.54, 1.807) is 23.1 Å². The number of hydrogen-bond donors (Lipinski definition) is 1. The maximum absolute atomic E-state index is 12.5. The normalized spacial score (nSPS) is 12.4. The van der Waals surface area contributed by atoms with Crippen LogP contribution in [0.25, 0.3) is 0 Å². The van der Waals surface area contributed by atoms with Crippen molar-refractivity contribution in [3.63, 3.8) is 0 Å². The number of nitrogens with zero attached hydrogens (tertiary/aromatic N) is 2. The first-order valence-corrected chi connectivity index (χ1v) is 7.77. The van der Waals surface area contributed by atoms with Crippen LogP contribution in [-0.2, 0) is 11.2 Å². The molecule has 0 saturated carbocycles. The first-order valence-electron chi connectivity index (χ1n) is 7.77. The van der Waals surface area contributed by atoms with Gasteiger partial charge in [0.05, 0.1) is 17.8 Å². The van der Waals surface area contributed by atoms with Crippen molar-refractivity contribution in [2.45, 2.75) is 13.3 Å². The summed E-state index contributed by atoms with van der Waals surface area (Å²) in [4.78, 5) is 25.8. The van der Waals surface area contributed by atoms with Crippen LogP contribution in [0.1, 0.15) is 28.4 Å². The van der Waals surface area contributed by atoms with Gasteiger partial charge in [-0.2, -0.15) is 5.26 Å². The van der Waals surface area contributed by atoms with E-state index in [2.05, 4.69) is 11.4 Å². The van der Waals surface area contributed by atoms with E-state index in [-0.39, 0.29) is 18.2 Å². The molecule has 0 unspecified atom stereocenters. The van der Waals surface area contributed by atoms with Gasteiger partial charge in [-0.3, -0.25) is 9.59 Å². The quantitative estimate of drug-likeness (QED) is 0.880. The van der Waals surface area contributed by atoms with Crippen LogP contribution in [0.2, 0.25) is 0 Å². The molecule has 0 saturated heterocycles. The molecule has 0 aromatic heterocycles. The molecule has 0 aliphatic carbocycles. The fraction of sp³-hybridized carbons (Fsp3) is 0.211. The van der Waals surface area contributed by atoms with Crippen molar-refractivity contribution in [2.24, 2.45) is 0 Å². The molecule has 2 aromatic rings. The highest BCUT2D eigenvalue weighted by Crippen LogP contribution is 2.27. The lowest BCUT2D eigenvalue weighted by atomic mass is 10.1. The summed E-state index contributed by atoms with van der Waals surface area (Å²) in [5.74, 6) is -0.139. The Morgan fingerprint density at radius 1 is 1.25 bits per heavy atom. The van der Waals surface area contributed by atoms with E-state index in [9.17, 15) is 14.9 Å². The number of fused-ring (bicyclic) bond motifs is 1. The molecular weight excluding hydrogens is 302 g/mol. The molecule has 1 heterocycles. The summed E-state index contributed by atoms with van der Waals surface area (Å²) in [6.45, 7) is 2.21. The highest BCUT2D eigenvalue weighted by Gasteiger charge is 2.23. The number of para-hydroxylation sites is 1. The molecule has 0 radical (unpaired) electrons. The Balaban J connectivity index is 1.75. The summed E-state index contributed by atoms with van der Waals surface area (Å²) < 4.78 is 0. The van der Waals surface area contributed by atoms with Crippen molar-refractivity contribution in [1.29, 1.82) is 5.26 Å². The SMILES string of the molecule is CC(=O)c1ccc(C#N)c(NCC(=O)N2CCc3ccccc32)c1. The molecule has 3 rings (SSSR count). The topological polar surface area (TPSA) is 73.2 Å². The molecule has 120 valence electrons. The largest absolute Gasteiger partial charge is 0.375 e. The second-order valence-corrected chi connectivity index (χ2v) is 5.71. The lowest BCUT2D eigenvalue weighted by Crippen LogP contribution is -2.34. The highest BCUT2D eigenvalue weighted by molar-refractivity contribution is 5.99. The van der Waals surface area contributed by atoms with Gasteiger partial charge in [-0.25, -0.2) is 0 Å². The highest BCUT2D eigenvalue weighted by atomic mass is 16.2. The van der Waals surface area contributed by atoms with Crippen LogP contribution < -0.4 is 10.2 Å². The zero-order valence-corrected chi connectivity index (χ0v) is 13.4. The molecule has 5 heteroatoms. The van der Waals surface area contributed by atoms with E-state index in [0.717, 1.165) is 12.1 Å². The van der Waals surface area contributed by atoms with E-state index >= 15 is 0 Å². The Bertz CT molecular complexity index is 852. The number of amides is 1. The maximum atomic E-state index is 12.5. The minimum atomic E-state index is -0.0812. The van der Waals surface area contributed by atoms with Gasteiger partial charge in [-0.1, -0.05) is 18.2 Å². The van der Waals surface area contributed by atoms with Crippen LogP contribution >= 0.6 is 0 Å². The van der Waals surface area contributed by atoms with Crippen LogP contribution in [0, 0.1) is 11.3 Å². The molecule has 0 atom stereocenters. The summed E-state index contributed by atoms with van der Waals surface area (Å²) in [7, 11) is 0. The molecule has 1 aliphatic rings.